The van der Waals surface area contributed by atoms with E-state index in [-0.39, 0.29) is 12.2 Å². The Bertz CT molecular complexity index is 830. The van der Waals surface area contributed by atoms with Crippen molar-refractivity contribution >= 4 is 17.3 Å². The van der Waals surface area contributed by atoms with E-state index in [1.807, 2.05) is 0 Å². The molecule has 1 aromatic heterocycles. The van der Waals surface area contributed by atoms with E-state index in [2.05, 4.69) is 20.7 Å². The Morgan fingerprint density at radius 3 is 2.65 bits per heavy atom. The smallest absolute Gasteiger partial charge is 0.248 e. The molecule has 3 aromatic rings. The van der Waals surface area contributed by atoms with E-state index in [1.54, 1.807) is 36.4 Å². The van der Waals surface area contributed by atoms with Gasteiger partial charge in [-0.25, -0.2) is 4.39 Å². The van der Waals surface area contributed by atoms with E-state index < -0.39 is 11.7 Å². The minimum atomic E-state index is -0.505. The second kappa shape index (κ2) is 6.22. The lowest BCUT2D eigenvalue weighted by molar-refractivity contribution is -0.117. The van der Waals surface area contributed by atoms with Gasteiger partial charge in [0, 0.05) is 11.3 Å². The molecule has 0 aliphatic heterocycles. The van der Waals surface area contributed by atoms with Gasteiger partial charge < -0.3 is 11.1 Å². The van der Waals surface area contributed by atoms with Crippen LogP contribution in [-0.2, 0) is 11.3 Å². The van der Waals surface area contributed by atoms with E-state index in [4.69, 9.17) is 5.73 Å². The van der Waals surface area contributed by atoms with Crippen molar-refractivity contribution in [2.75, 3.05) is 11.1 Å². The van der Waals surface area contributed by atoms with Crippen LogP contribution in [0.25, 0.3) is 11.4 Å². The van der Waals surface area contributed by atoms with Crippen molar-refractivity contribution in [2.24, 2.45) is 0 Å². The van der Waals surface area contributed by atoms with Gasteiger partial charge >= 0.3 is 0 Å². The van der Waals surface area contributed by atoms with Crippen LogP contribution < -0.4 is 11.1 Å². The Morgan fingerprint density at radius 2 is 1.91 bits per heavy atom. The molecule has 0 saturated heterocycles. The molecule has 0 atom stereocenters. The number of nitrogens with two attached hydrogens (primary N) is 1. The zero-order valence-electron chi connectivity index (χ0n) is 12.0. The largest absolute Gasteiger partial charge is 0.399 e. The van der Waals surface area contributed by atoms with Gasteiger partial charge in [-0.1, -0.05) is 12.1 Å². The molecule has 0 fully saturated rings. The number of hydrogen-bond donors (Lipinski definition) is 2. The zero-order chi connectivity index (χ0) is 16.2. The van der Waals surface area contributed by atoms with E-state index in [1.165, 1.54) is 12.1 Å². The normalized spacial score (nSPS) is 10.5. The number of nitrogens with one attached hydrogen (secondary N) is 1. The number of halogens is 1. The Kier molecular flexibility index (Phi) is 3.96. The van der Waals surface area contributed by atoms with E-state index in [0.717, 1.165) is 10.4 Å². The van der Waals surface area contributed by atoms with Gasteiger partial charge in [-0.15, -0.1) is 10.2 Å². The van der Waals surface area contributed by atoms with Crippen LogP contribution in [0, 0.1) is 5.82 Å². The summed E-state index contributed by atoms with van der Waals surface area (Å²) < 4.78 is 13.5. The van der Waals surface area contributed by atoms with Crippen molar-refractivity contribution in [3.05, 3.63) is 54.3 Å². The van der Waals surface area contributed by atoms with Gasteiger partial charge in [-0.3, -0.25) is 4.79 Å². The molecule has 23 heavy (non-hydrogen) atoms. The van der Waals surface area contributed by atoms with E-state index in [9.17, 15) is 9.18 Å². The zero-order valence-corrected chi connectivity index (χ0v) is 12.0. The van der Waals surface area contributed by atoms with Crippen molar-refractivity contribution in [1.82, 2.24) is 20.2 Å². The molecule has 3 rings (SSSR count). The molecule has 2 aromatic carbocycles. The monoisotopic (exact) mass is 312 g/mol. The first-order valence-corrected chi connectivity index (χ1v) is 6.80. The molecule has 116 valence electrons. The minimum absolute atomic E-state index is 0.108. The van der Waals surface area contributed by atoms with Crippen molar-refractivity contribution in [2.45, 2.75) is 6.54 Å². The third-order valence-corrected chi connectivity index (χ3v) is 3.05. The number of para-hydroxylation sites is 1. The molecule has 0 spiro atoms. The molecule has 0 aliphatic rings. The quantitative estimate of drug-likeness (QED) is 0.714. The van der Waals surface area contributed by atoms with Gasteiger partial charge in [-0.05, 0) is 41.6 Å². The molecule has 8 heteroatoms. The molecule has 0 unspecified atom stereocenters. The lowest BCUT2D eigenvalue weighted by Gasteiger charge is -2.04. The van der Waals surface area contributed by atoms with Gasteiger partial charge in [0.2, 0.25) is 11.7 Å². The van der Waals surface area contributed by atoms with Crippen LogP contribution in [0.1, 0.15) is 0 Å². The highest BCUT2D eigenvalue weighted by Crippen LogP contribution is 2.15. The fraction of sp³-hybridized carbons (Fsp3) is 0.0667. The summed E-state index contributed by atoms with van der Waals surface area (Å²) in [7, 11) is 0. The third kappa shape index (κ3) is 3.49. The first-order chi connectivity index (χ1) is 11.1. The summed E-state index contributed by atoms with van der Waals surface area (Å²) in [5, 5.41) is 14.3. The molecule has 3 N–H and O–H groups in total. The second-order valence-electron chi connectivity index (χ2n) is 4.79. The second-order valence-corrected chi connectivity index (χ2v) is 4.79. The van der Waals surface area contributed by atoms with Crippen LogP contribution in [0.15, 0.2) is 48.5 Å². The van der Waals surface area contributed by atoms with Gasteiger partial charge in [0.1, 0.15) is 12.4 Å². The number of amides is 1. The summed E-state index contributed by atoms with van der Waals surface area (Å²) in [4.78, 5) is 13.0. The first kappa shape index (κ1) is 14.6. The van der Waals surface area contributed by atoms with Crippen molar-refractivity contribution < 1.29 is 9.18 Å². The number of aromatic nitrogens is 4. The number of carbonyl (C=O) groups is 1. The number of benzene rings is 2. The Labute approximate surface area is 130 Å². The van der Waals surface area contributed by atoms with Crippen LogP contribution in [0.3, 0.4) is 0 Å². The number of rotatable bonds is 4. The predicted octanol–water partition coefficient (Wildman–Crippen LogP) is 1.70. The molecular formula is C15H13FN6O. The first-order valence-electron chi connectivity index (χ1n) is 6.80. The molecule has 0 saturated carbocycles. The summed E-state index contributed by atoms with van der Waals surface area (Å²) in [6.45, 7) is -0.170. The minimum Gasteiger partial charge on any atom is -0.399 e. The number of nitrogen functional groups attached to an aromatic ring is 1. The summed E-state index contributed by atoms with van der Waals surface area (Å²) in [6.07, 6.45) is 0. The number of tetrazole rings is 1. The number of anilines is 2. The molecule has 0 aliphatic carbocycles. The van der Waals surface area contributed by atoms with Crippen LogP contribution in [0.4, 0.5) is 15.8 Å². The summed E-state index contributed by atoms with van der Waals surface area (Å²) >= 11 is 0. The van der Waals surface area contributed by atoms with Gasteiger partial charge in [0.15, 0.2) is 0 Å². The number of carbonyl (C=O) groups excluding carboxylic acids is 1. The lowest BCUT2D eigenvalue weighted by Crippen LogP contribution is -2.21. The highest BCUT2D eigenvalue weighted by atomic mass is 19.1. The molecule has 0 bridgehead atoms. The van der Waals surface area contributed by atoms with Gasteiger partial charge in [0.25, 0.3) is 0 Å². The van der Waals surface area contributed by atoms with Crippen molar-refractivity contribution in [3.63, 3.8) is 0 Å². The molecule has 1 amide bonds. The van der Waals surface area contributed by atoms with Crippen molar-refractivity contribution in [1.29, 1.82) is 0 Å². The van der Waals surface area contributed by atoms with Crippen LogP contribution in [0.5, 0.6) is 0 Å². The summed E-state index contributed by atoms with van der Waals surface area (Å²) in [5.74, 6) is -0.574. The van der Waals surface area contributed by atoms with Gasteiger partial charge in [-0.2, -0.15) is 4.80 Å². The molecular weight excluding hydrogens is 299 g/mol. The fourth-order valence-electron chi connectivity index (χ4n) is 1.94. The Morgan fingerprint density at radius 1 is 1.17 bits per heavy atom. The van der Waals surface area contributed by atoms with Crippen LogP contribution in [-0.4, -0.2) is 26.1 Å². The molecule has 1 heterocycles. The highest BCUT2D eigenvalue weighted by Gasteiger charge is 2.11. The Hall–Kier alpha value is -3.29. The topological polar surface area (TPSA) is 98.7 Å². The Balaban J connectivity index is 1.68. The van der Waals surface area contributed by atoms with Crippen molar-refractivity contribution in [3.8, 4) is 11.4 Å². The van der Waals surface area contributed by atoms with E-state index >= 15 is 0 Å². The maximum atomic E-state index is 13.5. The third-order valence-electron chi connectivity index (χ3n) is 3.05. The fourth-order valence-corrected chi connectivity index (χ4v) is 1.94. The SMILES string of the molecule is Nc1ccc(-c2nnn(CC(=O)Nc3ccccc3F)n2)cc1. The summed E-state index contributed by atoms with van der Waals surface area (Å²) in [5.41, 5.74) is 7.09. The number of hydrogen-bond acceptors (Lipinski definition) is 5. The standard InChI is InChI=1S/C15H13FN6O/c16-12-3-1-2-4-13(12)18-14(23)9-22-20-15(19-21-22)10-5-7-11(17)8-6-10/h1-8H,9,17H2,(H,18,23). The molecule has 0 radical (unpaired) electrons. The maximum absolute atomic E-state index is 13.5. The van der Waals surface area contributed by atoms with E-state index in [0.29, 0.717) is 11.5 Å². The number of nitrogens with zero attached hydrogens (tertiary/aromatic N) is 4. The lowest BCUT2D eigenvalue weighted by atomic mass is 10.2. The van der Waals surface area contributed by atoms with Gasteiger partial charge in [0.05, 0.1) is 5.69 Å². The summed E-state index contributed by atoms with van der Waals surface area (Å²) in [6, 6.07) is 12.9. The average Bonchev–Trinajstić information content (AvgIpc) is 2.98. The average molecular weight is 312 g/mol. The van der Waals surface area contributed by atoms with Crippen LogP contribution in [0.2, 0.25) is 0 Å². The highest BCUT2D eigenvalue weighted by molar-refractivity contribution is 5.90. The maximum Gasteiger partial charge on any atom is 0.248 e. The molecule has 7 nitrogen and oxygen atoms in total. The predicted molar refractivity (Wildman–Crippen MR) is 82.7 cm³/mol. The van der Waals surface area contributed by atoms with Crippen LogP contribution >= 0.6 is 0 Å².